The van der Waals surface area contributed by atoms with Crippen LogP contribution in [0.1, 0.15) is 62.5 Å². The number of hydrogen-bond acceptors (Lipinski definition) is 9. The third-order valence-electron chi connectivity index (χ3n) is 12.6. The molecule has 4 saturated carbocycles. The second-order valence-corrected chi connectivity index (χ2v) is 24.6. The van der Waals surface area contributed by atoms with Crippen molar-refractivity contribution in [1.29, 1.82) is 21.0 Å². The van der Waals surface area contributed by atoms with E-state index >= 15 is 0 Å². The molecule has 4 bridgehead atoms. The standard InChI is InChI=1S/C38H46N4O5Si2/c1-48(2,37-17-29-15-31(37)13-27(29)7-5-25-9-11-33(43-21-39)19-35(25)45-23-41)47-49(3,4)38-18-30-16-32(38)14-28(30)8-6-26-10-12-34(44-22-40)20-36(26)46-24-42/h9-12,19-20,27-32,37-38H,5-8,13-18H2,1-4H3. The zero-order valence-corrected chi connectivity index (χ0v) is 31.0. The van der Waals surface area contributed by atoms with Gasteiger partial charge in [0.1, 0.15) is 23.0 Å². The maximum Gasteiger partial charge on any atom is 0.292 e. The topological polar surface area (TPSA) is 141 Å². The van der Waals surface area contributed by atoms with Gasteiger partial charge in [0.2, 0.25) is 0 Å². The van der Waals surface area contributed by atoms with E-state index in [9.17, 15) is 0 Å². The first kappa shape index (κ1) is 34.8. The number of nitrogens with zero attached hydrogens (tertiary/aromatic N) is 4. The van der Waals surface area contributed by atoms with Gasteiger partial charge in [-0.05, 0) is 160 Å². The van der Waals surface area contributed by atoms with Gasteiger partial charge in [0, 0.05) is 12.1 Å². The number of fused-ring (bicyclic) bond motifs is 4. The van der Waals surface area contributed by atoms with Gasteiger partial charge in [-0.3, -0.25) is 0 Å². The smallest absolute Gasteiger partial charge is 0.292 e. The van der Waals surface area contributed by atoms with Crippen molar-refractivity contribution in [3.8, 4) is 48.0 Å². The molecule has 8 atom stereocenters. The lowest BCUT2D eigenvalue weighted by Gasteiger charge is -2.46. The van der Waals surface area contributed by atoms with Crippen LogP contribution >= 0.6 is 0 Å². The molecule has 9 nitrogen and oxygen atoms in total. The average Bonchev–Trinajstić information content (AvgIpc) is 3.86. The molecule has 0 N–H and O–H groups in total. The molecule has 49 heavy (non-hydrogen) atoms. The Hall–Kier alpha value is -4.01. The third kappa shape index (κ3) is 7.46. The number of nitriles is 4. The van der Waals surface area contributed by atoms with Gasteiger partial charge in [-0.2, -0.15) is 0 Å². The van der Waals surface area contributed by atoms with Gasteiger partial charge in [0.25, 0.3) is 25.0 Å². The molecule has 4 fully saturated rings. The Bertz CT molecular complexity index is 1580. The quantitative estimate of drug-likeness (QED) is 0.140. The van der Waals surface area contributed by atoms with Gasteiger partial charge in [-0.15, -0.1) is 21.0 Å². The minimum atomic E-state index is -1.91. The van der Waals surface area contributed by atoms with Crippen molar-refractivity contribution < 1.29 is 23.1 Å². The van der Waals surface area contributed by atoms with Crippen molar-refractivity contribution in [3.63, 3.8) is 0 Å². The van der Waals surface area contributed by atoms with E-state index < -0.39 is 16.6 Å². The number of benzene rings is 2. The number of hydrogen-bond donors (Lipinski definition) is 0. The summed E-state index contributed by atoms with van der Waals surface area (Å²) in [4.78, 5) is 0. The molecule has 0 amide bonds. The SMILES string of the molecule is C[Si](C)(O[Si](C)(C)C1CC2CC1CC2CCc1ccc(OC#N)cc1OC#N)C1CC2CC1CC2CCc1ccc(OC#N)cc1OC#N. The summed E-state index contributed by atoms with van der Waals surface area (Å²) in [5.41, 5.74) is 3.43. The van der Waals surface area contributed by atoms with Gasteiger partial charge in [0.15, 0.2) is 16.6 Å². The minimum absolute atomic E-state index is 0.386. The van der Waals surface area contributed by atoms with Crippen LogP contribution in [0.4, 0.5) is 0 Å². The summed E-state index contributed by atoms with van der Waals surface area (Å²) in [5, 5.41) is 35.9. The van der Waals surface area contributed by atoms with Crippen LogP contribution in [0, 0.1) is 81.6 Å². The van der Waals surface area contributed by atoms with Crippen LogP contribution in [0.15, 0.2) is 36.4 Å². The van der Waals surface area contributed by atoms with Crippen LogP contribution in [0.5, 0.6) is 23.0 Å². The summed E-state index contributed by atoms with van der Waals surface area (Å²) in [6, 6.07) is 10.6. The Labute approximate surface area is 292 Å². The van der Waals surface area contributed by atoms with Gasteiger partial charge >= 0.3 is 0 Å². The third-order valence-corrected chi connectivity index (χ3v) is 21.8. The maximum absolute atomic E-state index is 9.13. The maximum atomic E-state index is 9.13. The summed E-state index contributed by atoms with van der Waals surface area (Å²) < 4.78 is 27.8. The van der Waals surface area contributed by atoms with Crippen molar-refractivity contribution >= 4 is 16.6 Å². The lowest BCUT2D eigenvalue weighted by atomic mass is 9.84. The van der Waals surface area contributed by atoms with Crippen molar-refractivity contribution in [1.82, 2.24) is 0 Å². The number of ether oxygens (including phenoxy) is 4. The Kier molecular flexibility index (Phi) is 10.3. The van der Waals surface area contributed by atoms with E-state index in [1.165, 1.54) is 38.5 Å². The van der Waals surface area contributed by atoms with E-state index in [4.69, 9.17) is 44.1 Å². The Morgan fingerprint density at radius 2 is 0.959 bits per heavy atom. The summed E-state index contributed by atoms with van der Waals surface area (Å²) in [7, 11) is -3.82. The fourth-order valence-electron chi connectivity index (χ4n) is 10.7. The highest BCUT2D eigenvalue weighted by Crippen LogP contribution is 2.62. The molecule has 2 aromatic carbocycles. The first-order valence-electron chi connectivity index (χ1n) is 17.7. The molecule has 0 saturated heterocycles. The van der Waals surface area contributed by atoms with Crippen LogP contribution in [0.25, 0.3) is 0 Å². The van der Waals surface area contributed by atoms with Gasteiger partial charge in [-0.1, -0.05) is 12.1 Å². The summed E-state index contributed by atoms with van der Waals surface area (Å²) in [5.74, 6) is 6.11. The predicted molar refractivity (Wildman–Crippen MR) is 187 cm³/mol. The second kappa shape index (κ2) is 14.5. The molecule has 4 aliphatic carbocycles. The first-order chi connectivity index (χ1) is 23.5. The molecule has 0 spiro atoms. The molecule has 8 unspecified atom stereocenters. The Balaban J connectivity index is 1.00. The Morgan fingerprint density at radius 3 is 1.31 bits per heavy atom. The van der Waals surface area contributed by atoms with Crippen molar-refractivity contribution in [2.24, 2.45) is 35.5 Å². The van der Waals surface area contributed by atoms with Crippen LogP contribution in [0.2, 0.25) is 37.3 Å². The molecule has 0 aliphatic heterocycles. The van der Waals surface area contributed by atoms with E-state index in [1.54, 1.807) is 49.3 Å². The normalized spacial score (nSPS) is 28.2. The van der Waals surface area contributed by atoms with E-state index in [0.717, 1.165) is 71.6 Å². The zero-order valence-electron chi connectivity index (χ0n) is 29.0. The molecule has 2 aromatic rings. The fraction of sp³-hybridized carbons (Fsp3) is 0.579. The molecule has 4 aliphatic rings. The fourth-order valence-corrected chi connectivity index (χ4v) is 21.9. The van der Waals surface area contributed by atoms with Crippen LogP contribution in [-0.4, -0.2) is 16.6 Å². The lowest BCUT2D eigenvalue weighted by Crippen LogP contribution is -2.52. The lowest BCUT2D eigenvalue weighted by molar-refractivity contribution is 0.290. The monoisotopic (exact) mass is 694 g/mol. The highest BCUT2D eigenvalue weighted by molar-refractivity contribution is 6.86. The number of aryl methyl sites for hydroxylation is 2. The van der Waals surface area contributed by atoms with Crippen LogP contribution in [0.3, 0.4) is 0 Å². The van der Waals surface area contributed by atoms with E-state index in [1.807, 2.05) is 12.1 Å². The van der Waals surface area contributed by atoms with Crippen molar-refractivity contribution in [2.75, 3.05) is 0 Å². The van der Waals surface area contributed by atoms with Gasteiger partial charge < -0.3 is 23.1 Å². The summed E-state index contributed by atoms with van der Waals surface area (Å²) in [6.07, 6.45) is 18.5. The van der Waals surface area contributed by atoms with Gasteiger partial charge in [-0.25, -0.2) is 0 Å². The molecule has 11 heteroatoms. The summed E-state index contributed by atoms with van der Waals surface area (Å²) in [6.45, 7) is 10.0. The average molecular weight is 695 g/mol. The molecule has 0 aromatic heterocycles. The summed E-state index contributed by atoms with van der Waals surface area (Å²) >= 11 is 0. The first-order valence-corrected chi connectivity index (χ1v) is 23.7. The Morgan fingerprint density at radius 1 is 0.551 bits per heavy atom. The van der Waals surface area contributed by atoms with Crippen molar-refractivity contribution in [2.45, 2.75) is 101 Å². The predicted octanol–water partition coefficient (Wildman–Crippen LogP) is 8.95. The zero-order chi connectivity index (χ0) is 34.8. The van der Waals surface area contributed by atoms with Crippen molar-refractivity contribution in [3.05, 3.63) is 47.5 Å². The van der Waals surface area contributed by atoms with E-state index in [0.29, 0.717) is 34.8 Å². The highest BCUT2D eigenvalue weighted by Gasteiger charge is 2.57. The number of rotatable bonds is 14. The van der Waals surface area contributed by atoms with Crippen LogP contribution < -0.4 is 18.9 Å². The highest BCUT2D eigenvalue weighted by atomic mass is 28.4. The molecule has 256 valence electrons. The van der Waals surface area contributed by atoms with E-state index in [-0.39, 0.29) is 0 Å². The van der Waals surface area contributed by atoms with Gasteiger partial charge in [0.05, 0.1) is 0 Å². The molecule has 0 radical (unpaired) electrons. The second-order valence-electron chi connectivity index (χ2n) is 15.9. The molecular weight excluding hydrogens is 649 g/mol. The molecule has 6 rings (SSSR count). The largest absolute Gasteiger partial charge is 0.455 e. The molecular formula is C38H46N4O5Si2. The minimum Gasteiger partial charge on any atom is -0.455 e. The molecule has 0 heterocycles. The van der Waals surface area contributed by atoms with Crippen LogP contribution in [-0.2, 0) is 17.0 Å². The van der Waals surface area contributed by atoms with E-state index in [2.05, 4.69) is 26.2 Å².